The summed E-state index contributed by atoms with van der Waals surface area (Å²) < 4.78 is 81.3. The number of benzene rings is 3. The zero-order valence-electron chi connectivity index (χ0n) is 16.9. The van der Waals surface area contributed by atoms with Gasteiger partial charge in [-0.15, -0.1) is 0 Å². The number of alkyl halides is 3. The van der Waals surface area contributed by atoms with Crippen LogP contribution < -0.4 is 9.47 Å². The molecule has 34 heavy (non-hydrogen) atoms. The van der Waals surface area contributed by atoms with Gasteiger partial charge in [0.1, 0.15) is 10.6 Å². The minimum atomic E-state index is -5.46. The number of nitro groups is 1. The second-order valence-corrected chi connectivity index (χ2v) is 8.17. The van der Waals surface area contributed by atoms with Gasteiger partial charge in [0.25, 0.3) is 10.1 Å². The molecular formula is C21H14F3NO8S. The third-order valence-corrected chi connectivity index (χ3v) is 5.38. The van der Waals surface area contributed by atoms with E-state index in [2.05, 4.69) is 6.58 Å². The highest BCUT2D eigenvalue weighted by molar-refractivity contribution is 7.85. The van der Waals surface area contributed by atoms with Crippen LogP contribution in [0.2, 0.25) is 0 Å². The maximum absolute atomic E-state index is 13.3. The van der Waals surface area contributed by atoms with Crippen molar-refractivity contribution in [3.05, 3.63) is 76.4 Å². The fraction of sp³-hybridized carbons (Fsp3) is 0.0952. The lowest BCUT2D eigenvalue weighted by Crippen LogP contribution is -2.19. The summed E-state index contributed by atoms with van der Waals surface area (Å²) in [7, 11) is -5.46. The highest BCUT2D eigenvalue weighted by atomic mass is 32.2. The van der Waals surface area contributed by atoms with E-state index in [0.29, 0.717) is 5.39 Å². The number of hydrogen-bond acceptors (Lipinski definition) is 7. The monoisotopic (exact) mass is 497 g/mol. The maximum atomic E-state index is 13.3. The first-order chi connectivity index (χ1) is 15.8. The van der Waals surface area contributed by atoms with Crippen molar-refractivity contribution in [2.75, 3.05) is 6.61 Å². The Hall–Kier alpha value is -3.97. The molecule has 1 N–H and O–H groups in total. The lowest BCUT2D eigenvalue weighted by Gasteiger charge is -2.14. The van der Waals surface area contributed by atoms with Gasteiger partial charge in [-0.05, 0) is 34.5 Å². The van der Waals surface area contributed by atoms with E-state index in [0.717, 1.165) is 10.9 Å². The number of carbonyl (C=O) groups excluding carboxylic acids is 1. The van der Waals surface area contributed by atoms with Crippen molar-refractivity contribution in [3.63, 3.8) is 0 Å². The summed E-state index contributed by atoms with van der Waals surface area (Å²) in [6.45, 7) is 2.63. The normalized spacial score (nSPS) is 11.8. The smallest absolute Gasteiger partial charge is 0.417 e. The third kappa shape index (κ3) is 5.50. The van der Waals surface area contributed by atoms with E-state index >= 15 is 0 Å². The quantitative estimate of drug-likeness (QED) is 0.164. The van der Waals surface area contributed by atoms with Crippen LogP contribution in [0.3, 0.4) is 0 Å². The summed E-state index contributed by atoms with van der Waals surface area (Å²) in [6, 6.07) is 10.0. The standard InChI is InChI=1S/C21H14F3NO8S/c1-2-12-3-4-14-8-15(6-5-13(14)7-12)33-20(26)11-32-18-9-16(21(22,23)24)19(34(29,30)31)10-17(18)25(27)28/h2-10H,1,11H2,(H,29,30,31). The minimum absolute atomic E-state index is 0.000333. The van der Waals surface area contributed by atoms with Crippen molar-refractivity contribution in [2.45, 2.75) is 11.1 Å². The summed E-state index contributed by atoms with van der Waals surface area (Å²) in [5.41, 5.74) is -2.25. The van der Waals surface area contributed by atoms with Gasteiger partial charge in [-0.2, -0.15) is 21.6 Å². The molecule has 0 fully saturated rings. The van der Waals surface area contributed by atoms with Gasteiger partial charge in [-0.25, -0.2) is 4.79 Å². The van der Waals surface area contributed by atoms with Gasteiger partial charge in [0.05, 0.1) is 10.5 Å². The van der Waals surface area contributed by atoms with Crippen LogP contribution in [0.25, 0.3) is 16.8 Å². The molecule has 178 valence electrons. The molecule has 0 spiro atoms. The summed E-state index contributed by atoms with van der Waals surface area (Å²) in [4.78, 5) is 20.4. The molecule has 0 bridgehead atoms. The number of carbonyl (C=O) groups is 1. The van der Waals surface area contributed by atoms with Crippen LogP contribution in [0, 0.1) is 10.1 Å². The lowest BCUT2D eigenvalue weighted by molar-refractivity contribution is -0.386. The molecule has 0 aromatic heterocycles. The molecule has 3 aromatic rings. The first kappa shape index (κ1) is 24.7. The Labute approximate surface area is 189 Å². The van der Waals surface area contributed by atoms with E-state index in [4.69, 9.17) is 14.0 Å². The number of nitro benzene ring substituents is 1. The highest BCUT2D eigenvalue weighted by Crippen LogP contribution is 2.41. The van der Waals surface area contributed by atoms with Gasteiger partial charge in [0.2, 0.25) is 0 Å². The van der Waals surface area contributed by atoms with E-state index in [9.17, 15) is 36.5 Å². The zero-order chi connectivity index (χ0) is 25.3. The van der Waals surface area contributed by atoms with Crippen molar-refractivity contribution in [2.24, 2.45) is 0 Å². The molecule has 0 aliphatic heterocycles. The molecule has 0 unspecified atom stereocenters. The van der Waals surface area contributed by atoms with Crippen molar-refractivity contribution in [1.29, 1.82) is 0 Å². The molecule has 3 aromatic carbocycles. The number of ether oxygens (including phenoxy) is 2. The van der Waals surface area contributed by atoms with Gasteiger partial charge in [-0.3, -0.25) is 14.7 Å². The summed E-state index contributed by atoms with van der Waals surface area (Å²) in [6.07, 6.45) is -3.66. The summed E-state index contributed by atoms with van der Waals surface area (Å²) in [5, 5.41) is 12.7. The van der Waals surface area contributed by atoms with Crippen molar-refractivity contribution >= 4 is 38.6 Å². The van der Waals surface area contributed by atoms with E-state index in [-0.39, 0.29) is 17.9 Å². The maximum Gasteiger partial charge on any atom is 0.417 e. The van der Waals surface area contributed by atoms with Crippen molar-refractivity contribution in [3.8, 4) is 11.5 Å². The summed E-state index contributed by atoms with van der Waals surface area (Å²) >= 11 is 0. The van der Waals surface area contributed by atoms with E-state index in [1.54, 1.807) is 24.3 Å². The van der Waals surface area contributed by atoms with Crippen LogP contribution >= 0.6 is 0 Å². The Bertz CT molecular complexity index is 1420. The molecule has 0 aliphatic rings. The Kier molecular flexibility index (Phi) is 6.61. The average molecular weight is 497 g/mol. The van der Waals surface area contributed by atoms with Crippen LogP contribution in [0.5, 0.6) is 11.5 Å². The molecule has 13 heteroatoms. The Balaban J connectivity index is 1.85. The van der Waals surface area contributed by atoms with E-state index < -0.39 is 55.7 Å². The molecule has 0 saturated carbocycles. The number of hydrogen-bond donors (Lipinski definition) is 1. The topological polar surface area (TPSA) is 133 Å². The molecule has 0 saturated heterocycles. The SMILES string of the molecule is C=Cc1ccc2cc(OC(=O)COc3cc(C(F)(F)F)c(S(=O)(=O)O)cc3[N+](=O)[O-])ccc2c1. The van der Waals surface area contributed by atoms with Crippen LogP contribution in [-0.4, -0.2) is 30.5 Å². The molecule has 0 radical (unpaired) electrons. The number of rotatable bonds is 7. The average Bonchev–Trinajstić information content (AvgIpc) is 2.75. The largest absolute Gasteiger partial charge is 0.475 e. The van der Waals surface area contributed by atoms with Crippen molar-refractivity contribution < 1.29 is 45.3 Å². The molecule has 0 atom stereocenters. The van der Waals surface area contributed by atoms with Gasteiger partial charge < -0.3 is 9.47 Å². The predicted molar refractivity (Wildman–Crippen MR) is 113 cm³/mol. The molecule has 0 amide bonds. The fourth-order valence-electron chi connectivity index (χ4n) is 2.97. The van der Waals surface area contributed by atoms with Gasteiger partial charge >= 0.3 is 17.8 Å². The predicted octanol–water partition coefficient (Wildman–Crippen LogP) is 4.64. The Morgan fingerprint density at radius 2 is 1.76 bits per heavy atom. The minimum Gasteiger partial charge on any atom is -0.475 e. The second kappa shape index (κ2) is 9.11. The molecule has 0 heterocycles. The summed E-state index contributed by atoms with van der Waals surface area (Å²) in [5.74, 6) is -2.06. The van der Waals surface area contributed by atoms with Crippen LogP contribution in [0.4, 0.5) is 18.9 Å². The van der Waals surface area contributed by atoms with Crippen LogP contribution in [0.1, 0.15) is 11.1 Å². The highest BCUT2D eigenvalue weighted by Gasteiger charge is 2.40. The van der Waals surface area contributed by atoms with Crippen molar-refractivity contribution in [1.82, 2.24) is 0 Å². The lowest BCUT2D eigenvalue weighted by atomic mass is 10.1. The number of nitrogens with zero attached hydrogens (tertiary/aromatic N) is 1. The van der Waals surface area contributed by atoms with E-state index in [1.807, 2.05) is 6.07 Å². The molecular weight excluding hydrogens is 483 g/mol. The Morgan fingerprint density at radius 3 is 2.35 bits per heavy atom. The van der Waals surface area contributed by atoms with Crippen LogP contribution in [0.15, 0.2) is 60.0 Å². The third-order valence-electron chi connectivity index (χ3n) is 4.49. The first-order valence-corrected chi connectivity index (χ1v) is 10.6. The van der Waals surface area contributed by atoms with Gasteiger partial charge in [0.15, 0.2) is 12.4 Å². The number of halogens is 3. The second-order valence-electron chi connectivity index (χ2n) is 6.78. The zero-order valence-corrected chi connectivity index (χ0v) is 17.7. The van der Waals surface area contributed by atoms with E-state index in [1.165, 1.54) is 12.1 Å². The van der Waals surface area contributed by atoms with Gasteiger partial charge in [-0.1, -0.05) is 30.9 Å². The fourth-order valence-corrected chi connectivity index (χ4v) is 3.69. The Morgan fingerprint density at radius 1 is 1.12 bits per heavy atom. The number of esters is 1. The molecule has 9 nitrogen and oxygen atoms in total. The van der Waals surface area contributed by atoms with Gasteiger partial charge in [0, 0.05) is 12.1 Å². The van der Waals surface area contributed by atoms with Crippen LogP contribution in [-0.2, 0) is 21.1 Å². The molecule has 3 rings (SSSR count). The number of fused-ring (bicyclic) bond motifs is 1. The molecule has 0 aliphatic carbocycles. The first-order valence-electron chi connectivity index (χ1n) is 9.16.